The summed E-state index contributed by atoms with van der Waals surface area (Å²) in [4.78, 5) is 0. The average Bonchev–Trinajstić information content (AvgIpc) is 2.85. The summed E-state index contributed by atoms with van der Waals surface area (Å²) in [6.45, 7) is 0. The minimum atomic E-state index is -1.76. The van der Waals surface area contributed by atoms with E-state index < -0.39 is 22.2 Å². The molecule has 2 aliphatic carbocycles. The normalized spacial score (nSPS) is 23.0. The van der Waals surface area contributed by atoms with Gasteiger partial charge in [-0.2, -0.15) is 0 Å². The molecule has 0 spiro atoms. The molecule has 2 atom stereocenters. The van der Waals surface area contributed by atoms with Gasteiger partial charge in [-0.15, -0.1) is 0 Å². The molecule has 2 saturated carbocycles. The minimum absolute atomic E-state index is 0. The zero-order valence-corrected chi connectivity index (χ0v) is 11.7. The molecule has 0 aromatic carbocycles. The molecule has 82 valence electrons. The maximum absolute atomic E-state index is 9.76. The van der Waals surface area contributed by atoms with Crippen LogP contribution in [0.2, 0.25) is 0 Å². The molecule has 0 heterocycles. The number of rotatable bonds is 2. The van der Waals surface area contributed by atoms with Crippen LogP contribution in [0.5, 0.6) is 0 Å². The number of hydrogen-bond donors (Lipinski definition) is 0. The van der Waals surface area contributed by atoms with E-state index in [0.717, 1.165) is 25.7 Å². The molecular weight excluding hydrogens is 278 g/mol. The Balaban J connectivity index is 0. The second-order valence-corrected chi connectivity index (χ2v) is 5.29. The van der Waals surface area contributed by atoms with Gasteiger partial charge in [-0.1, -0.05) is 29.6 Å². The Labute approximate surface area is 103 Å². The maximum atomic E-state index is 9.76. The second-order valence-electron chi connectivity index (χ2n) is 2.92. The fraction of sp³-hybridized carbons (Fsp3) is 1.00. The van der Waals surface area contributed by atoms with Crippen LogP contribution in [0, 0.1) is 0 Å². The summed E-state index contributed by atoms with van der Waals surface area (Å²) in [5.74, 6) is 0. The van der Waals surface area contributed by atoms with Crippen molar-refractivity contribution in [2.45, 2.75) is 43.6 Å². The van der Waals surface area contributed by atoms with Crippen molar-refractivity contribution in [2.24, 2.45) is 0 Å². The van der Waals surface area contributed by atoms with E-state index in [0.29, 0.717) is 0 Å². The largest absolute Gasteiger partial charge is 0.772 e. The van der Waals surface area contributed by atoms with Gasteiger partial charge in [0, 0.05) is 30.0 Å². The van der Waals surface area contributed by atoms with Crippen molar-refractivity contribution in [2.75, 3.05) is 0 Å². The smallest absolute Gasteiger partial charge is 0.0216 e. The summed E-state index contributed by atoms with van der Waals surface area (Å²) >= 11 is -3.51. The zero-order chi connectivity index (χ0) is 9.14. The quantitative estimate of drug-likeness (QED) is 0.554. The van der Waals surface area contributed by atoms with Crippen molar-refractivity contribution in [3.05, 3.63) is 0 Å². The molecule has 0 radical (unpaired) electrons. The summed E-state index contributed by atoms with van der Waals surface area (Å²) in [5.41, 5.74) is 0. The monoisotopic (exact) mass is 290 g/mol. The first-order valence-electron chi connectivity index (χ1n) is 3.77. The predicted octanol–water partition coefficient (Wildman–Crippen LogP) is 0.689. The molecule has 0 amide bonds. The van der Waals surface area contributed by atoms with Crippen LogP contribution in [0.1, 0.15) is 33.1 Å². The second kappa shape index (κ2) is 8.05. The summed E-state index contributed by atoms with van der Waals surface area (Å²) < 4.78 is 39.0. The van der Waals surface area contributed by atoms with Crippen LogP contribution < -0.4 is 0 Å². The van der Waals surface area contributed by atoms with Gasteiger partial charge in [-0.3, -0.25) is 8.42 Å². The molecule has 0 N–H and O–H groups in total. The van der Waals surface area contributed by atoms with E-state index in [1.807, 2.05) is 0 Å². The molecule has 14 heavy (non-hydrogen) atoms. The Kier molecular flexibility index (Phi) is 9.91. The first-order valence-corrected chi connectivity index (χ1v) is 6.05. The fourth-order valence-electron chi connectivity index (χ4n) is 0.521. The molecule has 0 aromatic rings. The Bertz CT molecular complexity index is 182. The minimum Gasteiger partial charge on any atom is -0.772 e. The van der Waals surface area contributed by atoms with Crippen molar-refractivity contribution < 1.29 is 37.0 Å². The van der Waals surface area contributed by atoms with Crippen molar-refractivity contribution >= 4 is 22.2 Å². The molecule has 2 fully saturated rings. The van der Waals surface area contributed by atoms with Gasteiger partial charge in [0.1, 0.15) is 0 Å². The summed E-state index contributed by atoms with van der Waals surface area (Å²) in [7, 11) is 0. The first kappa shape index (κ1) is 17.2. The van der Waals surface area contributed by atoms with Gasteiger partial charge in [0.2, 0.25) is 0 Å². The van der Waals surface area contributed by atoms with Gasteiger partial charge in [0.25, 0.3) is 0 Å². The van der Waals surface area contributed by atoms with Gasteiger partial charge >= 0.3 is 0 Å². The van der Waals surface area contributed by atoms with Crippen LogP contribution in [0.3, 0.4) is 0 Å². The third kappa shape index (κ3) is 8.18. The summed E-state index contributed by atoms with van der Waals surface area (Å²) in [6.07, 6.45) is 3.54. The van der Waals surface area contributed by atoms with E-state index in [9.17, 15) is 17.5 Å². The van der Waals surface area contributed by atoms with Gasteiger partial charge in [-0.25, -0.2) is 0 Å². The van der Waals surface area contributed by atoms with E-state index in [1.54, 1.807) is 0 Å². The Morgan fingerprint density at radius 3 is 1.07 bits per heavy atom. The first-order chi connectivity index (χ1) is 5.61. The molecule has 2 rings (SSSR count). The molecule has 4 nitrogen and oxygen atoms in total. The van der Waals surface area contributed by atoms with Crippen molar-refractivity contribution in [3.8, 4) is 0 Å². The van der Waals surface area contributed by atoms with E-state index in [-0.39, 0.29) is 37.4 Å². The van der Waals surface area contributed by atoms with E-state index >= 15 is 0 Å². The third-order valence-electron chi connectivity index (χ3n) is 1.59. The van der Waals surface area contributed by atoms with Crippen LogP contribution in [0.15, 0.2) is 0 Å². The van der Waals surface area contributed by atoms with Gasteiger partial charge in [-0.05, 0) is 25.7 Å². The zero-order valence-electron chi connectivity index (χ0n) is 7.14. The van der Waals surface area contributed by atoms with Crippen molar-refractivity contribution in [1.29, 1.82) is 0 Å². The Hall–Kier alpha value is 0.843. The van der Waals surface area contributed by atoms with Crippen molar-refractivity contribution in [1.82, 2.24) is 0 Å². The molecular formula is C7H14O4S2Zn-2. The topological polar surface area (TPSA) is 80.3 Å². The van der Waals surface area contributed by atoms with Crippen LogP contribution in [0.4, 0.5) is 0 Å². The molecule has 0 bridgehead atoms. The van der Waals surface area contributed by atoms with Crippen LogP contribution in [-0.2, 0) is 41.6 Å². The molecule has 2 unspecified atom stereocenters. The average molecular weight is 292 g/mol. The van der Waals surface area contributed by atoms with Crippen LogP contribution >= 0.6 is 0 Å². The molecule has 0 aromatic heterocycles. The Morgan fingerprint density at radius 2 is 1.07 bits per heavy atom. The van der Waals surface area contributed by atoms with E-state index in [2.05, 4.69) is 0 Å². The van der Waals surface area contributed by atoms with Gasteiger partial charge in [0.05, 0.1) is 0 Å². The van der Waals surface area contributed by atoms with Crippen LogP contribution in [-0.4, -0.2) is 28.0 Å². The van der Waals surface area contributed by atoms with E-state index in [4.69, 9.17) is 0 Å². The Morgan fingerprint density at radius 1 is 0.857 bits per heavy atom. The summed E-state index contributed by atoms with van der Waals surface area (Å²) in [6, 6.07) is 0. The van der Waals surface area contributed by atoms with Crippen LogP contribution in [0.25, 0.3) is 0 Å². The van der Waals surface area contributed by atoms with E-state index in [1.165, 1.54) is 0 Å². The van der Waals surface area contributed by atoms with Crippen molar-refractivity contribution in [3.63, 3.8) is 0 Å². The summed E-state index contributed by atoms with van der Waals surface area (Å²) in [5, 5.41) is 0.0370. The molecule has 0 saturated heterocycles. The van der Waals surface area contributed by atoms with Gasteiger partial charge in [0.15, 0.2) is 0 Å². The fourth-order valence-corrected chi connectivity index (χ4v) is 1.56. The maximum Gasteiger partial charge on any atom is 0.0216 e. The SMILES string of the molecule is C.O=S([O-])C1CC1.O=S([O-])C1CC1.[Zn]. The molecule has 2 aliphatic rings. The van der Waals surface area contributed by atoms with Gasteiger partial charge < -0.3 is 9.11 Å². The molecule has 7 heteroatoms. The standard InChI is InChI=1S/2C3H6O2S.CH4.Zn/c2*4-6(5)3-1-2-3;;/h2*3H,1-2H2,(H,4,5);1H4;/p-2. The molecule has 0 aliphatic heterocycles. The predicted molar refractivity (Wildman–Crippen MR) is 50.6 cm³/mol. The number of hydrogen-bond acceptors (Lipinski definition) is 4. The third-order valence-corrected chi connectivity index (χ3v) is 3.62.